The zero-order valence-corrected chi connectivity index (χ0v) is 5.99. The van der Waals surface area contributed by atoms with E-state index in [1.807, 2.05) is 0 Å². The highest BCUT2D eigenvalue weighted by Crippen LogP contribution is 2.38. The highest BCUT2D eigenvalue weighted by Gasteiger charge is 2.28. The van der Waals surface area contributed by atoms with Gasteiger partial charge in [-0.05, 0) is 10.8 Å². The fraction of sp³-hybridized carbons (Fsp3) is 0.333. The topological polar surface area (TPSA) is 0 Å². The molecule has 0 nitrogen and oxygen atoms in total. The number of allylic oxidation sites excluding steroid dienone is 2. The molecule has 0 bridgehead atoms. The SMILES string of the molecule is FC(F)(F)C[SH]1C=CC=C1. The van der Waals surface area contributed by atoms with Crippen LogP contribution in [0, 0.1) is 0 Å². The molecule has 1 aliphatic rings. The molecule has 1 heterocycles. The third kappa shape index (κ3) is 2.47. The van der Waals surface area contributed by atoms with Gasteiger partial charge in [0.05, 0.1) is 5.75 Å². The first kappa shape index (κ1) is 7.72. The third-order valence-electron chi connectivity index (χ3n) is 1.03. The van der Waals surface area contributed by atoms with Gasteiger partial charge in [0.1, 0.15) is 0 Å². The maximum Gasteiger partial charge on any atom is 0.396 e. The minimum atomic E-state index is -4.01. The van der Waals surface area contributed by atoms with Gasteiger partial charge in [-0.25, -0.2) is 10.9 Å². The van der Waals surface area contributed by atoms with Crippen LogP contribution in [-0.2, 0) is 0 Å². The Morgan fingerprint density at radius 1 is 1.10 bits per heavy atom. The van der Waals surface area contributed by atoms with Gasteiger partial charge in [-0.2, -0.15) is 13.2 Å². The zero-order valence-electron chi connectivity index (χ0n) is 5.10. The molecule has 10 heavy (non-hydrogen) atoms. The standard InChI is InChI=1S/C6H7F3S/c7-6(8,9)5-10-3-1-2-4-10/h1-4,10H,5H2. The van der Waals surface area contributed by atoms with E-state index in [9.17, 15) is 13.2 Å². The molecule has 0 aromatic carbocycles. The van der Waals surface area contributed by atoms with Gasteiger partial charge in [0.15, 0.2) is 0 Å². The second-order valence-electron chi connectivity index (χ2n) is 1.97. The van der Waals surface area contributed by atoms with Gasteiger partial charge < -0.3 is 0 Å². The molecule has 4 heteroatoms. The van der Waals surface area contributed by atoms with Crippen molar-refractivity contribution in [1.29, 1.82) is 0 Å². The molecule has 0 radical (unpaired) electrons. The lowest BCUT2D eigenvalue weighted by atomic mass is 10.6. The number of hydrogen-bond donors (Lipinski definition) is 1. The van der Waals surface area contributed by atoms with E-state index in [0.29, 0.717) is 0 Å². The first-order chi connectivity index (χ1) is 4.58. The van der Waals surface area contributed by atoms with E-state index in [1.54, 1.807) is 23.0 Å². The molecule has 0 fully saturated rings. The van der Waals surface area contributed by atoms with Crippen LogP contribution < -0.4 is 0 Å². The fourth-order valence-corrected chi connectivity index (χ4v) is 2.05. The Hall–Kier alpha value is -0.380. The lowest BCUT2D eigenvalue weighted by Gasteiger charge is -2.11. The molecule has 0 aliphatic carbocycles. The predicted molar refractivity (Wildman–Crippen MR) is 38.2 cm³/mol. The fourth-order valence-electron chi connectivity index (χ4n) is 0.683. The van der Waals surface area contributed by atoms with Gasteiger partial charge in [-0.1, -0.05) is 12.2 Å². The van der Waals surface area contributed by atoms with Crippen molar-refractivity contribution in [2.24, 2.45) is 0 Å². The Balaban J connectivity index is 2.40. The molecule has 0 atom stereocenters. The summed E-state index contributed by atoms with van der Waals surface area (Å²) >= 11 is 0. The number of hydrogen-bond acceptors (Lipinski definition) is 0. The van der Waals surface area contributed by atoms with Gasteiger partial charge in [-0.3, -0.25) is 0 Å². The summed E-state index contributed by atoms with van der Waals surface area (Å²) in [5.41, 5.74) is 0. The minimum absolute atomic E-state index is 0.671. The summed E-state index contributed by atoms with van der Waals surface area (Å²) in [5.74, 6) is -0.671. The van der Waals surface area contributed by atoms with Crippen molar-refractivity contribution in [1.82, 2.24) is 0 Å². The summed E-state index contributed by atoms with van der Waals surface area (Å²) in [6.45, 7) is 0. The van der Waals surface area contributed by atoms with Crippen LogP contribution in [0.25, 0.3) is 0 Å². The molecular formula is C6H7F3S. The van der Waals surface area contributed by atoms with Crippen molar-refractivity contribution in [3.63, 3.8) is 0 Å². The molecule has 0 saturated heterocycles. The molecular weight excluding hydrogens is 161 g/mol. The van der Waals surface area contributed by atoms with Crippen LogP contribution in [0.4, 0.5) is 13.2 Å². The van der Waals surface area contributed by atoms with Crippen LogP contribution >= 0.6 is 10.9 Å². The van der Waals surface area contributed by atoms with Crippen molar-refractivity contribution in [2.75, 3.05) is 5.75 Å². The van der Waals surface area contributed by atoms with Gasteiger partial charge in [0.25, 0.3) is 0 Å². The summed E-state index contributed by atoms with van der Waals surface area (Å²) in [7, 11) is -1.02. The number of alkyl halides is 3. The van der Waals surface area contributed by atoms with Crippen molar-refractivity contribution in [3.05, 3.63) is 23.0 Å². The molecule has 58 valence electrons. The summed E-state index contributed by atoms with van der Waals surface area (Å²) in [4.78, 5) is 0. The Morgan fingerprint density at radius 2 is 1.60 bits per heavy atom. The van der Waals surface area contributed by atoms with Gasteiger partial charge in [0.2, 0.25) is 0 Å². The lowest BCUT2D eigenvalue weighted by Crippen LogP contribution is -2.12. The summed E-state index contributed by atoms with van der Waals surface area (Å²) in [6, 6.07) is 0. The second kappa shape index (κ2) is 2.70. The van der Waals surface area contributed by atoms with Crippen LogP contribution in [0.3, 0.4) is 0 Å². The smallest absolute Gasteiger partial charge is 0.205 e. The van der Waals surface area contributed by atoms with E-state index in [1.165, 1.54) is 0 Å². The first-order valence-corrected chi connectivity index (χ1v) is 4.42. The van der Waals surface area contributed by atoms with E-state index in [4.69, 9.17) is 0 Å². The van der Waals surface area contributed by atoms with Crippen molar-refractivity contribution in [2.45, 2.75) is 6.18 Å². The number of thiol groups is 1. The number of halogens is 3. The quantitative estimate of drug-likeness (QED) is 0.571. The van der Waals surface area contributed by atoms with E-state index in [0.717, 1.165) is 0 Å². The summed E-state index contributed by atoms with van der Waals surface area (Å²) in [6.07, 6.45) is -0.681. The van der Waals surface area contributed by atoms with Crippen LogP contribution in [0.2, 0.25) is 0 Å². The van der Waals surface area contributed by atoms with Crippen molar-refractivity contribution < 1.29 is 13.2 Å². The van der Waals surface area contributed by atoms with Gasteiger partial charge in [-0.15, -0.1) is 0 Å². The van der Waals surface area contributed by atoms with E-state index in [2.05, 4.69) is 0 Å². The van der Waals surface area contributed by atoms with Gasteiger partial charge >= 0.3 is 6.18 Å². The molecule has 0 unspecified atom stereocenters. The Kier molecular flexibility index (Phi) is 2.08. The predicted octanol–water partition coefficient (Wildman–Crippen LogP) is 2.59. The zero-order chi connectivity index (χ0) is 7.61. The van der Waals surface area contributed by atoms with Crippen LogP contribution in [-0.4, -0.2) is 11.9 Å². The highest BCUT2D eigenvalue weighted by molar-refractivity contribution is 8.22. The summed E-state index contributed by atoms with van der Waals surface area (Å²) < 4.78 is 35.0. The van der Waals surface area contributed by atoms with Crippen molar-refractivity contribution >= 4 is 10.9 Å². The average Bonchev–Trinajstić information content (AvgIpc) is 2.12. The highest BCUT2D eigenvalue weighted by atomic mass is 32.2. The molecule has 1 aliphatic heterocycles. The first-order valence-electron chi connectivity index (χ1n) is 2.75. The molecule has 0 aromatic heterocycles. The van der Waals surface area contributed by atoms with E-state index < -0.39 is 22.8 Å². The third-order valence-corrected chi connectivity index (χ3v) is 2.86. The maximum atomic E-state index is 11.7. The number of rotatable bonds is 1. The molecule has 1 rings (SSSR count). The normalized spacial score (nSPS) is 20.5. The molecule has 0 saturated carbocycles. The monoisotopic (exact) mass is 168 g/mol. The van der Waals surface area contributed by atoms with Crippen molar-refractivity contribution in [3.8, 4) is 0 Å². The largest absolute Gasteiger partial charge is 0.396 e. The van der Waals surface area contributed by atoms with Crippen LogP contribution in [0.15, 0.2) is 23.0 Å². The maximum absolute atomic E-state index is 11.7. The Bertz CT molecular complexity index is 156. The molecule has 0 amide bonds. The van der Waals surface area contributed by atoms with Crippen LogP contribution in [0.1, 0.15) is 0 Å². The minimum Gasteiger partial charge on any atom is -0.205 e. The van der Waals surface area contributed by atoms with E-state index in [-0.39, 0.29) is 0 Å². The van der Waals surface area contributed by atoms with Gasteiger partial charge in [0, 0.05) is 0 Å². The average molecular weight is 168 g/mol. The Morgan fingerprint density at radius 3 is 2.00 bits per heavy atom. The Labute approximate surface area is 59.8 Å². The second-order valence-corrected chi connectivity index (χ2v) is 3.91. The molecule has 0 aromatic rings. The lowest BCUT2D eigenvalue weighted by molar-refractivity contribution is -0.105. The molecule has 0 N–H and O–H groups in total. The summed E-state index contributed by atoms with van der Waals surface area (Å²) in [5, 5.41) is 3.23. The molecule has 0 spiro atoms. The van der Waals surface area contributed by atoms with Crippen LogP contribution in [0.5, 0.6) is 0 Å². The van der Waals surface area contributed by atoms with E-state index >= 15 is 0 Å².